The first-order valence-electron chi connectivity index (χ1n) is 3.65. The van der Waals surface area contributed by atoms with Gasteiger partial charge in [-0.25, -0.2) is 0 Å². The first-order valence-corrected chi connectivity index (χ1v) is 8.73. The molecule has 0 saturated heterocycles. The molecule has 11 heavy (non-hydrogen) atoms. The molecule has 0 rings (SSSR count). The van der Waals surface area contributed by atoms with Gasteiger partial charge < -0.3 is 4.89 Å². The Labute approximate surface area is 76.5 Å². The molecular weight excluding hydrogens is 199 g/mol. The lowest BCUT2D eigenvalue weighted by atomic mass is 10.3. The minimum atomic E-state index is -2.88. The summed E-state index contributed by atoms with van der Waals surface area (Å²) < 4.78 is 11.0. The molecule has 0 aliphatic carbocycles. The van der Waals surface area contributed by atoms with Crippen LogP contribution in [0.2, 0.25) is 0 Å². The number of unbranched alkanes of at least 4 members (excludes halogenated alkanes) is 2. The molecule has 5 heteroatoms. The van der Waals surface area contributed by atoms with E-state index >= 15 is 0 Å². The molecule has 0 fully saturated rings. The van der Waals surface area contributed by atoms with Gasteiger partial charge >= 0.3 is 5.77 Å². The van der Waals surface area contributed by atoms with Crippen molar-refractivity contribution in [2.75, 3.05) is 12.0 Å². The highest BCUT2D eigenvalue weighted by atomic mass is 33.1. The van der Waals surface area contributed by atoms with Crippen molar-refractivity contribution in [1.82, 2.24) is 0 Å². The summed E-state index contributed by atoms with van der Waals surface area (Å²) in [6.45, 7) is 2.12. The SMILES string of the molecule is CCCCCSP(=O)(O)SC. The molecule has 0 amide bonds. The van der Waals surface area contributed by atoms with Gasteiger partial charge in [-0.15, -0.1) is 0 Å². The quantitative estimate of drug-likeness (QED) is 0.543. The van der Waals surface area contributed by atoms with E-state index in [0.29, 0.717) is 0 Å². The van der Waals surface area contributed by atoms with Crippen LogP contribution in [0.15, 0.2) is 0 Å². The summed E-state index contributed by atoms with van der Waals surface area (Å²) in [5, 5.41) is 0. The summed E-state index contributed by atoms with van der Waals surface area (Å²) in [5.74, 6) is -2.07. The molecule has 0 aliphatic rings. The van der Waals surface area contributed by atoms with Crippen molar-refractivity contribution in [3.05, 3.63) is 0 Å². The average Bonchev–Trinajstić information content (AvgIpc) is 1.99. The smallest absolute Gasteiger partial charge is 0.310 e. The molecule has 68 valence electrons. The highest BCUT2D eigenvalue weighted by Crippen LogP contribution is 2.64. The molecule has 2 nitrogen and oxygen atoms in total. The van der Waals surface area contributed by atoms with Gasteiger partial charge in [-0.2, -0.15) is 0 Å². The van der Waals surface area contributed by atoms with Crippen molar-refractivity contribution in [3.63, 3.8) is 0 Å². The molecular formula is C6H15O2PS2. The molecule has 0 aromatic rings. The fraction of sp³-hybridized carbons (Fsp3) is 1.00. The first kappa shape index (κ1) is 11.9. The summed E-state index contributed by atoms with van der Waals surface area (Å²) in [7, 11) is 0. The van der Waals surface area contributed by atoms with Gasteiger partial charge in [0.05, 0.1) is 0 Å². The summed E-state index contributed by atoms with van der Waals surface area (Å²) in [5.41, 5.74) is 0. The van der Waals surface area contributed by atoms with Crippen LogP contribution in [-0.4, -0.2) is 16.9 Å². The maximum absolute atomic E-state index is 11.0. The number of hydrogen-bond acceptors (Lipinski definition) is 3. The highest BCUT2D eigenvalue weighted by Gasteiger charge is 2.15. The molecule has 0 bridgehead atoms. The van der Waals surface area contributed by atoms with Crippen LogP contribution in [-0.2, 0) is 4.57 Å². The molecule has 0 aliphatic heterocycles. The van der Waals surface area contributed by atoms with Gasteiger partial charge in [0.2, 0.25) is 0 Å². The van der Waals surface area contributed by atoms with Gasteiger partial charge in [0.25, 0.3) is 0 Å². The van der Waals surface area contributed by atoms with Crippen molar-refractivity contribution < 1.29 is 9.46 Å². The van der Waals surface area contributed by atoms with E-state index in [9.17, 15) is 4.57 Å². The highest BCUT2D eigenvalue weighted by molar-refractivity contribution is 8.88. The van der Waals surface area contributed by atoms with E-state index < -0.39 is 5.77 Å². The second kappa shape index (κ2) is 6.41. The number of rotatable bonds is 6. The van der Waals surface area contributed by atoms with Gasteiger partial charge in [0.15, 0.2) is 0 Å². The average molecular weight is 214 g/mol. The first-order chi connectivity index (χ1) is 5.12. The summed E-state index contributed by atoms with van der Waals surface area (Å²) in [4.78, 5) is 9.10. The second-order valence-corrected chi connectivity index (χ2v) is 9.69. The van der Waals surface area contributed by atoms with Crippen LogP contribution in [0, 0.1) is 0 Å². The third-order valence-electron chi connectivity index (χ3n) is 1.23. The third-order valence-corrected chi connectivity index (χ3v) is 7.69. The normalized spacial score (nSPS) is 16.3. The van der Waals surface area contributed by atoms with Crippen LogP contribution in [0.1, 0.15) is 26.2 Å². The van der Waals surface area contributed by atoms with Crippen LogP contribution >= 0.6 is 28.5 Å². The molecule has 0 aromatic carbocycles. The van der Waals surface area contributed by atoms with Crippen LogP contribution in [0.3, 0.4) is 0 Å². The molecule has 1 atom stereocenters. The van der Waals surface area contributed by atoms with E-state index in [1.54, 1.807) is 6.26 Å². The van der Waals surface area contributed by atoms with Crippen molar-refractivity contribution in [2.24, 2.45) is 0 Å². The van der Waals surface area contributed by atoms with Crippen LogP contribution < -0.4 is 0 Å². The zero-order valence-corrected chi connectivity index (χ0v) is 9.48. The minimum absolute atomic E-state index is 0.808. The van der Waals surface area contributed by atoms with Gasteiger partial charge in [-0.05, 0) is 12.7 Å². The van der Waals surface area contributed by atoms with Gasteiger partial charge in [0, 0.05) is 5.75 Å². The van der Waals surface area contributed by atoms with Crippen molar-refractivity contribution in [2.45, 2.75) is 26.2 Å². The zero-order valence-electron chi connectivity index (χ0n) is 6.95. The largest absolute Gasteiger partial charge is 0.329 e. The van der Waals surface area contributed by atoms with Crippen LogP contribution in [0.25, 0.3) is 0 Å². The molecule has 1 unspecified atom stereocenters. The van der Waals surface area contributed by atoms with E-state index in [1.807, 2.05) is 0 Å². The predicted molar refractivity (Wildman–Crippen MR) is 55.3 cm³/mol. The second-order valence-electron chi connectivity index (χ2n) is 2.19. The predicted octanol–water partition coefficient (Wildman–Crippen LogP) is 3.37. The fourth-order valence-electron chi connectivity index (χ4n) is 0.585. The van der Waals surface area contributed by atoms with E-state index in [2.05, 4.69) is 6.92 Å². The van der Waals surface area contributed by atoms with Crippen molar-refractivity contribution >= 4 is 28.5 Å². The Balaban J connectivity index is 3.31. The zero-order chi connectivity index (χ0) is 8.74. The molecule has 1 N–H and O–H groups in total. The van der Waals surface area contributed by atoms with Gasteiger partial charge in [0.1, 0.15) is 0 Å². The maximum atomic E-state index is 11.0. The minimum Gasteiger partial charge on any atom is -0.329 e. The molecule has 0 heterocycles. The lowest BCUT2D eigenvalue weighted by Crippen LogP contribution is -1.78. The van der Waals surface area contributed by atoms with Gasteiger partial charge in [-0.3, -0.25) is 4.57 Å². The van der Waals surface area contributed by atoms with Crippen molar-refractivity contribution in [3.8, 4) is 0 Å². The molecule has 0 saturated carbocycles. The van der Waals surface area contributed by atoms with E-state index in [0.717, 1.165) is 36.4 Å². The van der Waals surface area contributed by atoms with Gasteiger partial charge in [-0.1, -0.05) is 42.5 Å². The summed E-state index contributed by atoms with van der Waals surface area (Å²) >= 11 is 2.25. The Kier molecular flexibility index (Phi) is 6.93. The van der Waals surface area contributed by atoms with Crippen LogP contribution in [0.4, 0.5) is 0 Å². The molecule has 0 radical (unpaired) electrons. The standard InChI is InChI=1S/C6H15O2PS2/c1-3-4-5-6-11-9(7,8)10-2/h3-6H2,1-2H3,(H,7,8). The van der Waals surface area contributed by atoms with E-state index in [-0.39, 0.29) is 0 Å². The Hall–Kier alpha value is 0.890. The lowest BCUT2D eigenvalue weighted by molar-refractivity contribution is 0.514. The summed E-state index contributed by atoms with van der Waals surface area (Å²) in [6.07, 6.45) is 5.04. The Morgan fingerprint density at radius 2 is 2.09 bits per heavy atom. The van der Waals surface area contributed by atoms with Crippen LogP contribution in [0.5, 0.6) is 0 Å². The Morgan fingerprint density at radius 3 is 2.55 bits per heavy atom. The topological polar surface area (TPSA) is 37.3 Å². The molecule has 0 aromatic heterocycles. The maximum Gasteiger partial charge on any atom is 0.310 e. The van der Waals surface area contributed by atoms with E-state index in [1.165, 1.54) is 11.4 Å². The number of hydrogen-bond donors (Lipinski definition) is 1. The Bertz CT molecular complexity index is 141. The molecule has 0 spiro atoms. The van der Waals surface area contributed by atoms with Crippen molar-refractivity contribution in [1.29, 1.82) is 0 Å². The Morgan fingerprint density at radius 1 is 1.45 bits per heavy atom. The monoisotopic (exact) mass is 214 g/mol. The fourth-order valence-corrected chi connectivity index (χ4v) is 4.27. The third kappa shape index (κ3) is 7.26. The summed E-state index contributed by atoms with van der Waals surface area (Å²) in [6, 6.07) is 0. The lowest BCUT2D eigenvalue weighted by Gasteiger charge is -2.05. The van der Waals surface area contributed by atoms with E-state index in [4.69, 9.17) is 4.89 Å².